The first-order chi connectivity index (χ1) is 22.4. The number of nitrogens with one attached hydrogen (secondary N) is 2. The minimum atomic E-state index is -3.83. The Kier molecular flexibility index (Phi) is 9.43. The number of benzene rings is 3. The summed E-state index contributed by atoms with van der Waals surface area (Å²) in [5.74, 6) is 1.16. The highest BCUT2D eigenvalue weighted by Crippen LogP contribution is 2.26. The number of rotatable bonds is 14. The lowest BCUT2D eigenvalue weighted by atomic mass is 10.1. The maximum absolute atomic E-state index is 13.0. The van der Waals surface area contributed by atoms with Gasteiger partial charge in [0.25, 0.3) is 15.9 Å². The molecular weight excluding hydrogens is 610 g/mol. The van der Waals surface area contributed by atoms with Crippen molar-refractivity contribution in [3.05, 3.63) is 120 Å². The number of anilines is 1. The molecule has 3 N–H and O–H groups in total. The van der Waals surface area contributed by atoms with E-state index in [1.54, 1.807) is 54.9 Å². The van der Waals surface area contributed by atoms with Crippen LogP contribution in [0.25, 0.3) is 11.4 Å². The van der Waals surface area contributed by atoms with Crippen LogP contribution in [0.1, 0.15) is 34.9 Å². The molecule has 0 unspecified atom stereocenters. The van der Waals surface area contributed by atoms with Gasteiger partial charge in [0.15, 0.2) is 6.61 Å². The second-order valence-corrected chi connectivity index (χ2v) is 11.9. The molecule has 14 nitrogen and oxygen atoms in total. The normalized spacial score (nSPS) is 13.6. The maximum atomic E-state index is 13.0. The van der Waals surface area contributed by atoms with Crippen molar-refractivity contribution < 1.29 is 22.8 Å². The predicted octanol–water partition coefficient (Wildman–Crippen LogP) is 5.21. The van der Waals surface area contributed by atoms with Crippen molar-refractivity contribution in [3.8, 4) is 17.1 Å². The van der Waals surface area contributed by atoms with Gasteiger partial charge in [-0.05, 0) is 83.6 Å². The minimum absolute atomic E-state index is 0.0518. The van der Waals surface area contributed by atoms with Crippen molar-refractivity contribution in [3.63, 3.8) is 0 Å². The topological polar surface area (TPSA) is 189 Å². The number of aromatic nitrogens is 3. The zero-order valence-electron chi connectivity index (χ0n) is 24.3. The molecule has 2 aromatic heterocycles. The van der Waals surface area contributed by atoms with Gasteiger partial charge < -0.3 is 19.7 Å². The van der Waals surface area contributed by atoms with Crippen molar-refractivity contribution in [1.29, 1.82) is 0 Å². The van der Waals surface area contributed by atoms with E-state index >= 15 is 0 Å². The highest BCUT2D eigenvalue weighted by atomic mass is 32.2. The van der Waals surface area contributed by atoms with Gasteiger partial charge in [0.05, 0.1) is 11.0 Å². The predicted molar refractivity (Wildman–Crippen MR) is 166 cm³/mol. The van der Waals surface area contributed by atoms with E-state index in [-0.39, 0.29) is 17.4 Å². The summed E-state index contributed by atoms with van der Waals surface area (Å²) in [6.07, 6.45) is 2.96. The molecule has 1 atom stereocenters. The first kappa shape index (κ1) is 30.6. The van der Waals surface area contributed by atoms with Crippen molar-refractivity contribution in [2.24, 2.45) is 20.7 Å². The van der Waals surface area contributed by atoms with Gasteiger partial charge >= 0.3 is 0 Å². The molecule has 3 aromatic carbocycles. The molecule has 5 aromatic rings. The molecule has 0 saturated carbocycles. The van der Waals surface area contributed by atoms with E-state index in [4.69, 9.17) is 9.26 Å². The average molecular weight is 640 g/mol. The molecule has 0 radical (unpaired) electrons. The number of sulfonamides is 1. The fourth-order valence-corrected chi connectivity index (χ4v) is 5.57. The molecule has 0 amide bonds. The molecule has 0 aliphatic carbocycles. The number of hydrogen-bond donors (Lipinski definition) is 3. The van der Waals surface area contributed by atoms with Crippen LogP contribution in [0.5, 0.6) is 5.75 Å². The first-order valence-electron chi connectivity index (χ1n) is 14.3. The molecule has 6 rings (SSSR count). The molecule has 3 heterocycles. The Morgan fingerprint density at radius 3 is 2.41 bits per heavy atom. The lowest BCUT2D eigenvalue weighted by Gasteiger charge is -2.12. The van der Waals surface area contributed by atoms with Gasteiger partial charge in [0.1, 0.15) is 5.75 Å². The molecular formula is C31H29N9O5S. The maximum Gasteiger partial charge on any atom is 0.264 e. The average Bonchev–Trinajstić information content (AvgIpc) is 3.81. The van der Waals surface area contributed by atoms with Gasteiger partial charge in [-0.25, -0.2) is 8.42 Å². The Labute approximate surface area is 264 Å². The summed E-state index contributed by atoms with van der Waals surface area (Å²) in [5, 5.41) is 32.2. The van der Waals surface area contributed by atoms with Gasteiger partial charge in [-0.3, -0.25) is 9.71 Å². The summed E-state index contributed by atoms with van der Waals surface area (Å²) in [7, 11) is -3.83. The molecule has 0 spiro atoms. The van der Waals surface area contributed by atoms with Crippen molar-refractivity contribution >= 4 is 15.7 Å². The van der Waals surface area contributed by atoms with Crippen LogP contribution in [0.15, 0.2) is 127 Å². The van der Waals surface area contributed by atoms with E-state index < -0.39 is 22.3 Å². The Morgan fingerprint density at radius 1 is 0.935 bits per heavy atom. The van der Waals surface area contributed by atoms with Crippen LogP contribution in [0.3, 0.4) is 0 Å². The van der Waals surface area contributed by atoms with Crippen LogP contribution in [-0.2, 0) is 23.1 Å². The molecule has 0 saturated heterocycles. The van der Waals surface area contributed by atoms with Crippen LogP contribution >= 0.6 is 0 Å². The molecule has 0 bridgehead atoms. The molecule has 234 valence electrons. The highest BCUT2D eigenvalue weighted by molar-refractivity contribution is 7.92. The number of nitrogens with zero attached hydrogens (tertiary/aromatic N) is 7. The summed E-state index contributed by atoms with van der Waals surface area (Å²) < 4.78 is 39.7. The number of aliphatic hydroxyl groups excluding tert-OH is 1. The first-order valence-corrected chi connectivity index (χ1v) is 15.8. The third kappa shape index (κ3) is 7.82. The van der Waals surface area contributed by atoms with E-state index in [0.717, 1.165) is 16.7 Å². The van der Waals surface area contributed by atoms with Crippen LogP contribution in [0.4, 0.5) is 5.69 Å². The Morgan fingerprint density at radius 2 is 1.70 bits per heavy atom. The second kappa shape index (κ2) is 14.2. The molecule has 1 aliphatic rings. The quantitative estimate of drug-likeness (QED) is 0.137. The third-order valence-electron chi connectivity index (χ3n) is 7.00. The fraction of sp³-hybridized carbons (Fsp3) is 0.194. The smallest absolute Gasteiger partial charge is 0.264 e. The Bertz CT molecular complexity index is 1890. The summed E-state index contributed by atoms with van der Waals surface area (Å²) in [4.78, 5) is 8.46. The van der Waals surface area contributed by atoms with E-state index in [1.165, 1.54) is 12.1 Å². The lowest BCUT2D eigenvalue weighted by Crippen LogP contribution is -2.23. The summed E-state index contributed by atoms with van der Waals surface area (Å²) in [6.45, 7) is 1.11. The standard InChI is InChI=1S/C31H29N9O5S/c41-28(24-2-1-16-32-18-24)19-33-17-15-21-3-9-25(10-4-21)38-46(42,43)27-13-7-22(8-14-27)30-34-29(45-37-30)20-44-26-11-5-23(6-12-26)31-35-39-40-36-31/h1-14,16,18,28,31,33,38,41H,15,17,19-20H2/t28-/m0/s1. The molecule has 46 heavy (non-hydrogen) atoms. The lowest BCUT2D eigenvalue weighted by molar-refractivity contribution is 0.174. The Balaban J connectivity index is 0.974. The zero-order chi connectivity index (χ0) is 31.8. The minimum Gasteiger partial charge on any atom is -0.484 e. The van der Waals surface area contributed by atoms with Gasteiger partial charge in [0, 0.05) is 41.3 Å². The van der Waals surface area contributed by atoms with Crippen molar-refractivity contribution in [2.75, 3.05) is 17.8 Å². The van der Waals surface area contributed by atoms with Crippen LogP contribution < -0.4 is 14.8 Å². The molecule has 0 fully saturated rings. The molecule has 1 aliphatic heterocycles. The van der Waals surface area contributed by atoms with Gasteiger partial charge in [-0.2, -0.15) is 4.98 Å². The summed E-state index contributed by atoms with van der Waals surface area (Å²) in [6, 6.07) is 24.2. The van der Waals surface area contributed by atoms with Crippen LogP contribution in [0, 0.1) is 0 Å². The Hall–Kier alpha value is -5.38. The fourth-order valence-electron chi connectivity index (χ4n) is 4.51. The molecule has 15 heteroatoms. The van der Waals surface area contributed by atoms with E-state index in [1.807, 2.05) is 30.3 Å². The van der Waals surface area contributed by atoms with E-state index in [9.17, 15) is 13.5 Å². The van der Waals surface area contributed by atoms with Crippen LogP contribution in [-0.4, -0.2) is 41.7 Å². The third-order valence-corrected chi connectivity index (χ3v) is 8.39. The van der Waals surface area contributed by atoms with Crippen molar-refractivity contribution in [2.45, 2.75) is 30.2 Å². The summed E-state index contributed by atoms with van der Waals surface area (Å²) in [5.41, 5.74) is 3.65. The largest absolute Gasteiger partial charge is 0.484 e. The van der Waals surface area contributed by atoms with Gasteiger partial charge in [0.2, 0.25) is 12.0 Å². The number of pyridine rings is 1. The van der Waals surface area contributed by atoms with Crippen molar-refractivity contribution in [1.82, 2.24) is 20.4 Å². The number of hydrogen-bond acceptors (Lipinski definition) is 13. The van der Waals surface area contributed by atoms with Gasteiger partial charge in [-0.1, -0.05) is 35.5 Å². The van der Waals surface area contributed by atoms with E-state index in [0.29, 0.717) is 42.3 Å². The second-order valence-electron chi connectivity index (χ2n) is 10.2. The van der Waals surface area contributed by atoms with Crippen LogP contribution in [0.2, 0.25) is 0 Å². The van der Waals surface area contributed by atoms with E-state index in [2.05, 4.69) is 45.8 Å². The number of ether oxygens (including phenoxy) is 1. The zero-order valence-corrected chi connectivity index (χ0v) is 25.2. The number of aliphatic hydroxyl groups is 1. The van der Waals surface area contributed by atoms with Gasteiger partial charge in [-0.15, -0.1) is 10.2 Å². The SMILES string of the molecule is O=S(=O)(Nc1ccc(CCNC[C@H](O)c2cccnc2)cc1)c1ccc(-c2noc(COc3ccc(C4N=NN=N4)cc3)n2)cc1. The highest BCUT2D eigenvalue weighted by Gasteiger charge is 2.17. The summed E-state index contributed by atoms with van der Waals surface area (Å²) >= 11 is 0. The monoisotopic (exact) mass is 639 g/mol.